The van der Waals surface area contributed by atoms with Crippen molar-refractivity contribution in [2.75, 3.05) is 31.2 Å². The van der Waals surface area contributed by atoms with Crippen LogP contribution < -0.4 is 10.6 Å². The molecule has 0 spiro atoms. The second kappa shape index (κ2) is 7.42. The van der Waals surface area contributed by atoms with Crippen LogP contribution in [0.5, 0.6) is 0 Å². The van der Waals surface area contributed by atoms with Gasteiger partial charge in [-0.05, 0) is 29.8 Å². The summed E-state index contributed by atoms with van der Waals surface area (Å²) in [5.74, 6) is -0.524. The van der Waals surface area contributed by atoms with Crippen molar-refractivity contribution >= 4 is 33.5 Å². The first-order chi connectivity index (χ1) is 14.6. The minimum absolute atomic E-state index is 0.383. The summed E-state index contributed by atoms with van der Waals surface area (Å²) < 4.78 is 18.3. The Morgan fingerprint density at radius 3 is 2.60 bits per heavy atom. The van der Waals surface area contributed by atoms with Gasteiger partial charge in [-0.2, -0.15) is 0 Å². The summed E-state index contributed by atoms with van der Waals surface area (Å²) in [6.45, 7) is 2.59. The molecule has 7 heteroatoms. The van der Waals surface area contributed by atoms with E-state index in [9.17, 15) is 9.18 Å². The van der Waals surface area contributed by atoms with Crippen molar-refractivity contribution in [2.45, 2.75) is 6.67 Å². The van der Waals surface area contributed by atoms with Crippen LogP contribution in [0, 0.1) is 0 Å². The zero-order valence-corrected chi connectivity index (χ0v) is 16.3. The van der Waals surface area contributed by atoms with Gasteiger partial charge < -0.3 is 20.4 Å². The molecule has 1 saturated heterocycles. The number of hydrogen-bond donors (Lipinski definition) is 2. The van der Waals surface area contributed by atoms with Crippen LogP contribution in [-0.2, 0) is 11.4 Å². The smallest absolute Gasteiger partial charge is 0.250 e. The van der Waals surface area contributed by atoms with Crippen molar-refractivity contribution < 1.29 is 13.9 Å². The number of aromatic amines is 1. The third kappa shape index (κ3) is 3.17. The van der Waals surface area contributed by atoms with Crippen molar-refractivity contribution in [3.8, 4) is 11.3 Å². The van der Waals surface area contributed by atoms with Crippen LogP contribution in [0.25, 0.3) is 33.2 Å². The Morgan fingerprint density at radius 1 is 1.13 bits per heavy atom. The Kier molecular flexibility index (Phi) is 4.59. The van der Waals surface area contributed by atoms with Crippen molar-refractivity contribution in [2.24, 2.45) is 5.73 Å². The van der Waals surface area contributed by atoms with Crippen LogP contribution >= 0.6 is 0 Å². The van der Waals surface area contributed by atoms with E-state index in [1.165, 1.54) is 0 Å². The number of rotatable bonds is 4. The molecule has 5 rings (SSSR count). The SMILES string of the molecule is NC(=O)c1cc(-c2ccc(CF)cc2)nc2c1[nH]c1cc(N3CCOCC3)ccc12. The maximum Gasteiger partial charge on any atom is 0.250 e. The molecular weight excluding hydrogens is 383 g/mol. The minimum Gasteiger partial charge on any atom is -0.378 e. The summed E-state index contributed by atoms with van der Waals surface area (Å²) in [7, 11) is 0. The average molecular weight is 404 g/mol. The lowest BCUT2D eigenvalue weighted by molar-refractivity contribution is 0.100. The van der Waals surface area contributed by atoms with E-state index >= 15 is 0 Å². The molecule has 1 fully saturated rings. The summed E-state index contributed by atoms with van der Waals surface area (Å²) in [5, 5.41) is 0.923. The normalized spacial score (nSPS) is 14.5. The van der Waals surface area contributed by atoms with Gasteiger partial charge >= 0.3 is 0 Å². The number of morpholine rings is 1. The Morgan fingerprint density at radius 2 is 1.90 bits per heavy atom. The van der Waals surface area contributed by atoms with Crippen LogP contribution in [0.2, 0.25) is 0 Å². The molecule has 2 aromatic heterocycles. The lowest BCUT2D eigenvalue weighted by Crippen LogP contribution is -2.36. The fraction of sp³-hybridized carbons (Fsp3) is 0.217. The number of nitrogens with one attached hydrogen (secondary N) is 1. The van der Waals surface area contributed by atoms with Gasteiger partial charge in [0.2, 0.25) is 0 Å². The van der Waals surface area contributed by atoms with Gasteiger partial charge in [-0.3, -0.25) is 4.79 Å². The summed E-state index contributed by atoms with van der Waals surface area (Å²) in [6.07, 6.45) is 0. The number of pyridine rings is 1. The van der Waals surface area contributed by atoms with Crippen LogP contribution in [0.1, 0.15) is 15.9 Å². The van der Waals surface area contributed by atoms with E-state index in [0.29, 0.717) is 41.1 Å². The predicted octanol–water partition coefficient (Wildman–Crippen LogP) is 3.79. The molecular formula is C23H21FN4O2. The van der Waals surface area contributed by atoms with Crippen LogP contribution in [0.3, 0.4) is 0 Å². The Labute approximate surface area is 172 Å². The van der Waals surface area contributed by atoms with Gasteiger partial charge in [0.15, 0.2) is 0 Å². The first-order valence-electron chi connectivity index (χ1n) is 9.88. The maximum atomic E-state index is 12.8. The molecule has 0 saturated carbocycles. The number of fused-ring (bicyclic) bond motifs is 3. The van der Waals surface area contributed by atoms with Crippen LogP contribution in [-0.4, -0.2) is 42.2 Å². The van der Waals surface area contributed by atoms with Gasteiger partial charge in [0.1, 0.15) is 6.67 Å². The van der Waals surface area contributed by atoms with Gasteiger partial charge in [0.05, 0.1) is 41.0 Å². The number of aromatic nitrogens is 2. The lowest BCUT2D eigenvalue weighted by Gasteiger charge is -2.28. The Hall–Kier alpha value is -3.45. The average Bonchev–Trinajstić information content (AvgIpc) is 3.16. The molecule has 0 atom stereocenters. The molecule has 6 nitrogen and oxygen atoms in total. The molecule has 30 heavy (non-hydrogen) atoms. The Balaban J connectivity index is 1.67. The number of ether oxygens (including phenoxy) is 1. The van der Waals surface area contributed by atoms with E-state index < -0.39 is 12.6 Å². The number of nitrogens with two attached hydrogens (primary N) is 1. The first-order valence-corrected chi connectivity index (χ1v) is 9.88. The highest BCUT2D eigenvalue weighted by Crippen LogP contribution is 2.32. The predicted molar refractivity (Wildman–Crippen MR) is 115 cm³/mol. The van der Waals surface area contributed by atoms with E-state index in [1.54, 1.807) is 30.3 Å². The number of carbonyl (C=O) groups excluding carboxylic acids is 1. The molecule has 0 unspecified atom stereocenters. The highest BCUT2D eigenvalue weighted by atomic mass is 19.1. The molecule has 0 radical (unpaired) electrons. The summed E-state index contributed by atoms with van der Waals surface area (Å²) in [6, 6.07) is 14.9. The highest BCUT2D eigenvalue weighted by molar-refractivity contribution is 6.14. The Bertz CT molecular complexity index is 1240. The van der Waals surface area contributed by atoms with E-state index in [-0.39, 0.29) is 0 Å². The molecule has 2 aromatic carbocycles. The topological polar surface area (TPSA) is 84.2 Å². The number of nitrogens with zero attached hydrogens (tertiary/aromatic N) is 2. The molecule has 152 valence electrons. The van der Waals surface area contributed by atoms with E-state index in [4.69, 9.17) is 15.5 Å². The minimum atomic E-state index is -0.524. The summed E-state index contributed by atoms with van der Waals surface area (Å²) >= 11 is 0. The van der Waals surface area contributed by atoms with Gasteiger partial charge in [0, 0.05) is 29.7 Å². The lowest BCUT2D eigenvalue weighted by atomic mass is 10.1. The summed E-state index contributed by atoms with van der Waals surface area (Å²) in [5.41, 5.74) is 11.4. The number of carbonyl (C=O) groups is 1. The molecule has 3 heterocycles. The number of alkyl halides is 1. The molecule has 0 aliphatic carbocycles. The molecule has 1 amide bonds. The maximum absolute atomic E-state index is 12.8. The van der Waals surface area contributed by atoms with Crippen molar-refractivity contribution in [1.82, 2.24) is 9.97 Å². The molecule has 3 N–H and O–H groups in total. The van der Waals surface area contributed by atoms with Gasteiger partial charge in [-0.25, -0.2) is 9.37 Å². The fourth-order valence-electron chi connectivity index (χ4n) is 3.97. The quantitative estimate of drug-likeness (QED) is 0.542. The first kappa shape index (κ1) is 18.6. The van der Waals surface area contributed by atoms with E-state index in [0.717, 1.165) is 35.2 Å². The number of amides is 1. The third-order valence-corrected chi connectivity index (χ3v) is 5.58. The second-order valence-electron chi connectivity index (χ2n) is 7.43. The van der Waals surface area contributed by atoms with E-state index in [1.807, 2.05) is 6.07 Å². The standard InChI is InChI=1S/C23H21FN4O2/c24-13-14-1-3-15(4-2-14)19-12-18(23(25)29)22-21(26-19)17-6-5-16(11-20(17)27-22)28-7-9-30-10-8-28/h1-6,11-12,27H,7-10,13H2,(H2,25,29). The van der Waals surface area contributed by atoms with E-state index in [2.05, 4.69) is 22.0 Å². The number of benzene rings is 2. The highest BCUT2D eigenvalue weighted by Gasteiger charge is 2.18. The zero-order valence-electron chi connectivity index (χ0n) is 16.3. The van der Waals surface area contributed by atoms with Gasteiger partial charge in [-0.1, -0.05) is 24.3 Å². The van der Waals surface area contributed by atoms with Crippen LogP contribution in [0.4, 0.5) is 10.1 Å². The van der Waals surface area contributed by atoms with Gasteiger partial charge in [0.25, 0.3) is 5.91 Å². The number of anilines is 1. The largest absolute Gasteiger partial charge is 0.378 e. The van der Waals surface area contributed by atoms with Crippen LogP contribution in [0.15, 0.2) is 48.5 Å². The number of primary amides is 1. The monoisotopic (exact) mass is 404 g/mol. The zero-order chi connectivity index (χ0) is 20.7. The molecule has 0 bridgehead atoms. The van der Waals surface area contributed by atoms with Crippen molar-refractivity contribution in [3.05, 3.63) is 59.7 Å². The number of halogens is 1. The molecule has 1 aliphatic heterocycles. The van der Waals surface area contributed by atoms with Gasteiger partial charge in [-0.15, -0.1) is 0 Å². The second-order valence-corrected chi connectivity index (χ2v) is 7.43. The number of H-pyrrole nitrogens is 1. The molecule has 1 aliphatic rings. The third-order valence-electron chi connectivity index (χ3n) is 5.58. The van der Waals surface area contributed by atoms with Crippen molar-refractivity contribution in [1.29, 1.82) is 0 Å². The molecule has 4 aromatic rings. The number of hydrogen-bond acceptors (Lipinski definition) is 4. The summed E-state index contributed by atoms with van der Waals surface area (Å²) in [4.78, 5) is 22.6. The van der Waals surface area contributed by atoms with Crippen molar-refractivity contribution in [3.63, 3.8) is 0 Å². The fourth-order valence-corrected chi connectivity index (χ4v) is 3.97.